The Labute approximate surface area is 91.4 Å². The predicted octanol–water partition coefficient (Wildman–Crippen LogP) is 2.59. The molecule has 0 aliphatic carbocycles. The molecule has 0 aliphatic heterocycles. The fourth-order valence-corrected chi connectivity index (χ4v) is 1.13. The van der Waals surface area contributed by atoms with E-state index in [2.05, 4.69) is 9.97 Å². The molecule has 1 aromatic rings. The van der Waals surface area contributed by atoms with Crippen LogP contribution in [0.1, 0.15) is 43.7 Å². The highest BCUT2D eigenvalue weighted by Gasteiger charge is 2.32. The molecule has 0 aromatic carbocycles. The molecule has 0 bridgehead atoms. The first-order valence-electron chi connectivity index (χ1n) is 4.86. The van der Waals surface area contributed by atoms with E-state index >= 15 is 0 Å². The van der Waals surface area contributed by atoms with Gasteiger partial charge < -0.3 is 5.11 Å². The number of halogens is 3. The summed E-state index contributed by atoms with van der Waals surface area (Å²) in [5, 5.41) is 9.24. The van der Waals surface area contributed by atoms with Crippen molar-refractivity contribution in [2.45, 2.75) is 38.5 Å². The molecule has 0 saturated carbocycles. The van der Waals surface area contributed by atoms with Crippen molar-refractivity contribution in [2.24, 2.45) is 0 Å². The molecule has 16 heavy (non-hydrogen) atoms. The second-order valence-corrected chi connectivity index (χ2v) is 3.86. The largest absolute Gasteiger partial charge is 0.392 e. The Morgan fingerprint density at radius 2 is 1.75 bits per heavy atom. The third-order valence-electron chi connectivity index (χ3n) is 2.08. The molecular formula is C10H13F3N2O. The number of hydrogen-bond donors (Lipinski definition) is 1. The van der Waals surface area contributed by atoms with Crippen molar-refractivity contribution in [3.8, 4) is 0 Å². The number of hydrogen-bond acceptors (Lipinski definition) is 3. The van der Waals surface area contributed by atoms with Crippen LogP contribution in [0.2, 0.25) is 0 Å². The highest BCUT2D eigenvalue weighted by atomic mass is 19.4. The van der Waals surface area contributed by atoms with Crippen LogP contribution in [0.5, 0.6) is 0 Å². The smallest absolute Gasteiger partial charge is 0.385 e. The molecule has 0 aliphatic rings. The van der Waals surface area contributed by atoms with Crippen LogP contribution in [-0.2, 0) is 0 Å². The average Bonchev–Trinajstić information content (AvgIpc) is 2.15. The molecule has 0 amide bonds. The zero-order chi connectivity index (χ0) is 12.3. The molecule has 0 spiro atoms. The maximum atomic E-state index is 12.0. The summed E-state index contributed by atoms with van der Waals surface area (Å²) in [5.74, 6) is 0.00975. The van der Waals surface area contributed by atoms with Crippen LogP contribution < -0.4 is 0 Å². The van der Waals surface area contributed by atoms with Crippen molar-refractivity contribution in [3.05, 3.63) is 23.8 Å². The summed E-state index contributed by atoms with van der Waals surface area (Å²) < 4.78 is 36.0. The number of aliphatic hydroxyl groups excluding tert-OH is 1. The zero-order valence-electron chi connectivity index (χ0n) is 8.99. The van der Waals surface area contributed by atoms with Crippen molar-refractivity contribution in [1.82, 2.24) is 9.97 Å². The fraction of sp³-hybridized carbons (Fsp3) is 0.600. The molecule has 0 radical (unpaired) electrons. The second-order valence-electron chi connectivity index (χ2n) is 3.86. The minimum Gasteiger partial charge on any atom is -0.385 e. The van der Waals surface area contributed by atoms with E-state index in [4.69, 9.17) is 0 Å². The van der Waals surface area contributed by atoms with E-state index in [1.807, 2.05) is 13.8 Å². The summed E-state index contributed by atoms with van der Waals surface area (Å²) in [6.07, 6.45) is -4.56. The minimum absolute atomic E-state index is 0.193. The van der Waals surface area contributed by atoms with Gasteiger partial charge in [-0.05, 0) is 11.5 Å². The van der Waals surface area contributed by atoms with Crippen LogP contribution in [0.25, 0.3) is 0 Å². The lowest BCUT2D eigenvalue weighted by molar-refractivity contribution is -0.155. The van der Waals surface area contributed by atoms with Crippen molar-refractivity contribution in [2.75, 3.05) is 0 Å². The number of aromatic nitrogens is 2. The van der Waals surface area contributed by atoms with Gasteiger partial charge in [0.1, 0.15) is 6.10 Å². The van der Waals surface area contributed by atoms with Crippen molar-refractivity contribution >= 4 is 0 Å². The summed E-state index contributed by atoms with van der Waals surface area (Å²) >= 11 is 0. The Hall–Kier alpha value is -1.17. The molecule has 1 aromatic heterocycles. The highest BCUT2D eigenvalue weighted by molar-refractivity contribution is 5.10. The van der Waals surface area contributed by atoms with E-state index in [9.17, 15) is 18.3 Å². The summed E-state index contributed by atoms with van der Waals surface area (Å²) in [7, 11) is 0. The molecule has 1 unspecified atom stereocenters. The Morgan fingerprint density at radius 3 is 2.12 bits per heavy atom. The Bertz CT molecular complexity index is 335. The van der Waals surface area contributed by atoms with E-state index in [0.717, 1.165) is 5.56 Å². The van der Waals surface area contributed by atoms with Crippen LogP contribution in [-0.4, -0.2) is 21.3 Å². The third-order valence-corrected chi connectivity index (χ3v) is 2.08. The summed E-state index contributed by atoms with van der Waals surface area (Å²) in [6.45, 7) is 3.84. The molecular weight excluding hydrogens is 221 g/mol. The van der Waals surface area contributed by atoms with E-state index in [0.29, 0.717) is 0 Å². The summed E-state index contributed by atoms with van der Waals surface area (Å²) in [6, 6.07) is 0. The van der Waals surface area contributed by atoms with Crippen LogP contribution in [0.15, 0.2) is 12.4 Å². The van der Waals surface area contributed by atoms with Gasteiger partial charge in [0.15, 0.2) is 5.82 Å². The predicted molar refractivity (Wildman–Crippen MR) is 51.8 cm³/mol. The minimum atomic E-state index is -4.42. The van der Waals surface area contributed by atoms with Gasteiger partial charge >= 0.3 is 6.18 Å². The maximum Gasteiger partial charge on any atom is 0.392 e. The maximum absolute atomic E-state index is 12.0. The monoisotopic (exact) mass is 234 g/mol. The van der Waals surface area contributed by atoms with Gasteiger partial charge in [0.25, 0.3) is 0 Å². The normalized spacial score (nSPS) is 14.2. The van der Waals surface area contributed by atoms with Gasteiger partial charge in [-0.2, -0.15) is 13.2 Å². The summed E-state index contributed by atoms with van der Waals surface area (Å²) in [5.41, 5.74) is 0.822. The topological polar surface area (TPSA) is 46.0 Å². The Morgan fingerprint density at radius 1 is 1.25 bits per heavy atom. The third kappa shape index (κ3) is 3.77. The molecule has 6 heteroatoms. The molecule has 3 nitrogen and oxygen atoms in total. The molecule has 1 atom stereocenters. The number of nitrogens with zero attached hydrogens (tertiary/aromatic N) is 2. The first kappa shape index (κ1) is 12.9. The van der Waals surface area contributed by atoms with Gasteiger partial charge in [-0.15, -0.1) is 0 Å². The van der Waals surface area contributed by atoms with Gasteiger partial charge in [0.2, 0.25) is 0 Å². The second kappa shape index (κ2) is 4.78. The Kier molecular flexibility index (Phi) is 3.85. The fourth-order valence-electron chi connectivity index (χ4n) is 1.13. The standard InChI is InChI=1S/C10H13F3N2O/c1-6(2)7-4-14-9(15-5-7)8(16)3-10(11,12)13/h4-6,8,16H,3H2,1-2H3. The lowest BCUT2D eigenvalue weighted by Crippen LogP contribution is -2.15. The van der Waals surface area contributed by atoms with E-state index in [1.165, 1.54) is 12.4 Å². The van der Waals surface area contributed by atoms with Gasteiger partial charge in [0.05, 0.1) is 6.42 Å². The molecule has 0 saturated heterocycles. The van der Waals surface area contributed by atoms with Crippen LogP contribution >= 0.6 is 0 Å². The van der Waals surface area contributed by atoms with Gasteiger partial charge in [-0.25, -0.2) is 9.97 Å². The van der Waals surface area contributed by atoms with E-state index in [1.54, 1.807) is 0 Å². The SMILES string of the molecule is CC(C)c1cnc(C(O)CC(F)(F)F)nc1. The van der Waals surface area contributed by atoms with Gasteiger partial charge in [0, 0.05) is 12.4 Å². The number of alkyl halides is 3. The molecule has 0 fully saturated rings. The van der Waals surface area contributed by atoms with Gasteiger partial charge in [-0.1, -0.05) is 13.8 Å². The first-order chi connectivity index (χ1) is 7.29. The van der Waals surface area contributed by atoms with Crippen LogP contribution in [0.3, 0.4) is 0 Å². The Balaban J connectivity index is 2.74. The van der Waals surface area contributed by atoms with Crippen molar-refractivity contribution in [1.29, 1.82) is 0 Å². The van der Waals surface area contributed by atoms with Crippen LogP contribution in [0, 0.1) is 0 Å². The molecule has 1 N–H and O–H groups in total. The van der Waals surface area contributed by atoms with Gasteiger partial charge in [-0.3, -0.25) is 0 Å². The van der Waals surface area contributed by atoms with Crippen molar-refractivity contribution < 1.29 is 18.3 Å². The van der Waals surface area contributed by atoms with E-state index < -0.39 is 18.7 Å². The lowest BCUT2D eigenvalue weighted by Gasteiger charge is -2.12. The van der Waals surface area contributed by atoms with E-state index in [-0.39, 0.29) is 11.7 Å². The number of rotatable bonds is 3. The first-order valence-corrected chi connectivity index (χ1v) is 4.86. The number of aliphatic hydroxyl groups is 1. The lowest BCUT2D eigenvalue weighted by atomic mass is 10.1. The quantitative estimate of drug-likeness (QED) is 0.874. The summed E-state index contributed by atoms with van der Waals surface area (Å²) in [4.78, 5) is 7.45. The van der Waals surface area contributed by atoms with Crippen molar-refractivity contribution in [3.63, 3.8) is 0 Å². The van der Waals surface area contributed by atoms with Crippen LogP contribution in [0.4, 0.5) is 13.2 Å². The molecule has 90 valence electrons. The molecule has 1 heterocycles. The zero-order valence-corrected chi connectivity index (χ0v) is 8.99. The molecule has 1 rings (SSSR count). The average molecular weight is 234 g/mol. The highest BCUT2D eigenvalue weighted by Crippen LogP contribution is 2.27.